The lowest BCUT2D eigenvalue weighted by Gasteiger charge is -2.16. The molecule has 1 atom stereocenters. The number of aliphatic carboxylic acids is 1. The smallest absolute Gasteiger partial charge is 0.324 e. The maximum Gasteiger partial charge on any atom is 0.324 e. The van der Waals surface area contributed by atoms with Gasteiger partial charge in [0.2, 0.25) is 0 Å². The summed E-state index contributed by atoms with van der Waals surface area (Å²) in [6, 6.07) is 13.6. The van der Waals surface area contributed by atoms with E-state index in [0.29, 0.717) is 17.9 Å². The van der Waals surface area contributed by atoms with Gasteiger partial charge in [0.25, 0.3) is 0 Å². The molecule has 0 saturated carbocycles. The molecule has 0 radical (unpaired) electrons. The maximum atomic E-state index is 11.2. The second kappa shape index (κ2) is 5.68. The number of fused-ring (bicyclic) bond motifs is 1. The third kappa shape index (κ3) is 2.91. The number of rotatable bonds is 2. The van der Waals surface area contributed by atoms with Gasteiger partial charge >= 0.3 is 5.97 Å². The van der Waals surface area contributed by atoms with Gasteiger partial charge in [-0.15, -0.1) is 12.4 Å². The average molecular weight is 324 g/mol. The monoisotopic (exact) mass is 323 g/mol. The van der Waals surface area contributed by atoms with Gasteiger partial charge in [-0.05, 0) is 34.4 Å². The zero-order valence-electron chi connectivity index (χ0n) is 11.2. The van der Waals surface area contributed by atoms with E-state index in [-0.39, 0.29) is 12.4 Å². The summed E-state index contributed by atoms with van der Waals surface area (Å²) in [4.78, 5) is 11.2. The minimum absolute atomic E-state index is 0. The van der Waals surface area contributed by atoms with Crippen LogP contribution in [0.3, 0.4) is 0 Å². The number of carboxylic acids is 1. The normalized spacial score (nSPS) is 19.7. The van der Waals surface area contributed by atoms with Crippen LogP contribution in [0.5, 0.6) is 0 Å². The Hall–Kier alpha value is -1.55. The number of halogens is 2. The van der Waals surface area contributed by atoms with Gasteiger partial charge in [-0.1, -0.05) is 41.9 Å². The van der Waals surface area contributed by atoms with Gasteiger partial charge in [0, 0.05) is 17.9 Å². The molecular formula is C16H15Cl2NO2. The number of nitrogens with two attached hydrogens (primary N) is 1. The Labute approximate surface area is 134 Å². The van der Waals surface area contributed by atoms with Crippen LogP contribution in [0.15, 0.2) is 42.5 Å². The molecule has 21 heavy (non-hydrogen) atoms. The molecule has 0 heterocycles. The molecule has 0 fully saturated rings. The van der Waals surface area contributed by atoms with Crippen molar-refractivity contribution >= 4 is 30.0 Å². The maximum absolute atomic E-state index is 11.2. The second-order valence-electron chi connectivity index (χ2n) is 5.31. The summed E-state index contributed by atoms with van der Waals surface area (Å²) in [5.74, 6) is -0.943. The first-order chi connectivity index (χ1) is 9.48. The first kappa shape index (κ1) is 15.8. The van der Waals surface area contributed by atoms with Crippen LogP contribution in [-0.2, 0) is 17.6 Å². The predicted molar refractivity (Wildman–Crippen MR) is 86.1 cm³/mol. The lowest BCUT2D eigenvalue weighted by Crippen LogP contribution is -2.48. The summed E-state index contributed by atoms with van der Waals surface area (Å²) in [5.41, 5.74) is 8.92. The Morgan fingerprint density at radius 2 is 1.62 bits per heavy atom. The Balaban J connectivity index is 0.00000161. The summed E-state index contributed by atoms with van der Waals surface area (Å²) < 4.78 is 0. The Kier molecular flexibility index (Phi) is 4.28. The number of hydrogen-bond acceptors (Lipinski definition) is 2. The fourth-order valence-electron chi connectivity index (χ4n) is 2.68. The number of carboxylic acid groups (broad SMARTS) is 1. The number of carbonyl (C=O) groups is 1. The van der Waals surface area contributed by atoms with Gasteiger partial charge in [-0.25, -0.2) is 0 Å². The highest BCUT2D eigenvalue weighted by Crippen LogP contribution is 2.32. The van der Waals surface area contributed by atoms with Crippen molar-refractivity contribution in [2.24, 2.45) is 5.73 Å². The third-order valence-electron chi connectivity index (χ3n) is 3.82. The Morgan fingerprint density at radius 1 is 1.05 bits per heavy atom. The standard InChI is InChI=1S/C16H14ClNO2.ClH/c17-14-5-3-10(4-6-14)11-1-2-12-8-16(18,15(19)20)9-13(12)7-11;/h1-7H,8-9,18H2,(H,19,20);1H. The average Bonchev–Trinajstić information content (AvgIpc) is 2.76. The lowest BCUT2D eigenvalue weighted by molar-refractivity contribution is -0.142. The van der Waals surface area contributed by atoms with E-state index in [2.05, 4.69) is 0 Å². The van der Waals surface area contributed by atoms with Crippen LogP contribution >= 0.6 is 24.0 Å². The van der Waals surface area contributed by atoms with Crippen molar-refractivity contribution in [3.8, 4) is 11.1 Å². The van der Waals surface area contributed by atoms with E-state index >= 15 is 0 Å². The molecule has 0 aromatic heterocycles. The summed E-state index contributed by atoms with van der Waals surface area (Å²) in [7, 11) is 0. The van der Waals surface area contributed by atoms with E-state index in [4.69, 9.17) is 17.3 Å². The van der Waals surface area contributed by atoms with Crippen molar-refractivity contribution in [2.75, 3.05) is 0 Å². The van der Waals surface area contributed by atoms with Crippen LogP contribution in [0.4, 0.5) is 0 Å². The third-order valence-corrected chi connectivity index (χ3v) is 4.07. The van der Waals surface area contributed by atoms with Crippen LogP contribution in [0.1, 0.15) is 11.1 Å². The van der Waals surface area contributed by atoms with E-state index in [1.165, 1.54) is 0 Å². The van der Waals surface area contributed by atoms with Gasteiger partial charge in [0.15, 0.2) is 0 Å². The minimum Gasteiger partial charge on any atom is -0.480 e. The Morgan fingerprint density at radius 3 is 2.24 bits per heavy atom. The zero-order valence-corrected chi connectivity index (χ0v) is 12.7. The molecule has 3 rings (SSSR count). The van der Waals surface area contributed by atoms with E-state index in [9.17, 15) is 9.90 Å². The van der Waals surface area contributed by atoms with Crippen molar-refractivity contribution in [3.05, 3.63) is 58.6 Å². The Bertz CT molecular complexity index is 685. The molecule has 0 aliphatic heterocycles. The highest BCUT2D eigenvalue weighted by Gasteiger charge is 2.40. The van der Waals surface area contributed by atoms with Crippen molar-refractivity contribution in [1.82, 2.24) is 0 Å². The van der Waals surface area contributed by atoms with Gasteiger partial charge in [-0.3, -0.25) is 4.79 Å². The first-order valence-electron chi connectivity index (χ1n) is 6.38. The topological polar surface area (TPSA) is 63.3 Å². The van der Waals surface area contributed by atoms with Crippen LogP contribution in [0.25, 0.3) is 11.1 Å². The van der Waals surface area contributed by atoms with Crippen molar-refractivity contribution in [1.29, 1.82) is 0 Å². The molecule has 0 spiro atoms. The van der Waals surface area contributed by atoms with E-state index in [0.717, 1.165) is 22.3 Å². The van der Waals surface area contributed by atoms with Crippen LogP contribution in [-0.4, -0.2) is 16.6 Å². The summed E-state index contributed by atoms with van der Waals surface area (Å²) >= 11 is 5.88. The molecule has 0 saturated heterocycles. The largest absolute Gasteiger partial charge is 0.480 e. The minimum atomic E-state index is -1.17. The molecule has 5 heteroatoms. The van der Waals surface area contributed by atoms with Crippen LogP contribution < -0.4 is 5.73 Å². The molecule has 1 unspecified atom stereocenters. The molecule has 2 aromatic carbocycles. The predicted octanol–water partition coefficient (Wildman–Crippen LogP) is 3.31. The molecule has 3 nitrogen and oxygen atoms in total. The fraction of sp³-hybridized carbons (Fsp3) is 0.188. The molecule has 1 aliphatic rings. The van der Waals surface area contributed by atoms with Crippen molar-refractivity contribution in [2.45, 2.75) is 18.4 Å². The summed E-state index contributed by atoms with van der Waals surface area (Å²) in [5, 5.41) is 9.92. The van der Waals surface area contributed by atoms with Crippen molar-refractivity contribution in [3.63, 3.8) is 0 Å². The highest BCUT2D eigenvalue weighted by molar-refractivity contribution is 6.30. The quantitative estimate of drug-likeness (QED) is 0.891. The molecule has 1 aliphatic carbocycles. The number of benzene rings is 2. The molecule has 0 bridgehead atoms. The highest BCUT2D eigenvalue weighted by atomic mass is 35.5. The van der Waals surface area contributed by atoms with Crippen LogP contribution in [0, 0.1) is 0 Å². The molecule has 0 amide bonds. The molecular weight excluding hydrogens is 309 g/mol. The van der Waals surface area contributed by atoms with E-state index in [1.807, 2.05) is 42.5 Å². The summed E-state index contributed by atoms with van der Waals surface area (Å²) in [6.07, 6.45) is 0.762. The van der Waals surface area contributed by atoms with Gasteiger partial charge in [-0.2, -0.15) is 0 Å². The first-order valence-corrected chi connectivity index (χ1v) is 6.76. The molecule has 3 N–H and O–H groups in total. The van der Waals surface area contributed by atoms with Gasteiger partial charge in [0.05, 0.1) is 0 Å². The fourth-order valence-corrected chi connectivity index (χ4v) is 2.80. The lowest BCUT2D eigenvalue weighted by atomic mass is 9.98. The second-order valence-corrected chi connectivity index (χ2v) is 5.74. The number of hydrogen-bond donors (Lipinski definition) is 2. The van der Waals surface area contributed by atoms with E-state index in [1.54, 1.807) is 0 Å². The molecule has 110 valence electrons. The van der Waals surface area contributed by atoms with Crippen LogP contribution in [0.2, 0.25) is 5.02 Å². The molecule has 2 aromatic rings. The van der Waals surface area contributed by atoms with E-state index < -0.39 is 11.5 Å². The SMILES string of the molecule is Cl.NC1(C(=O)O)Cc2ccc(-c3ccc(Cl)cc3)cc2C1. The van der Waals surface area contributed by atoms with Crippen molar-refractivity contribution < 1.29 is 9.90 Å². The summed E-state index contributed by atoms with van der Waals surface area (Å²) in [6.45, 7) is 0. The van der Waals surface area contributed by atoms with Gasteiger partial charge in [0.1, 0.15) is 5.54 Å². The zero-order chi connectivity index (χ0) is 14.3. The van der Waals surface area contributed by atoms with Gasteiger partial charge < -0.3 is 10.8 Å².